The highest BCUT2D eigenvalue weighted by Gasteiger charge is 2.10. The van der Waals surface area contributed by atoms with Gasteiger partial charge in [-0.2, -0.15) is 0 Å². The van der Waals surface area contributed by atoms with Gasteiger partial charge in [0.05, 0.1) is 12.8 Å². The molecule has 0 fully saturated rings. The highest BCUT2D eigenvalue weighted by atomic mass is 16.3. The lowest BCUT2D eigenvalue weighted by molar-refractivity contribution is 0.0948. The van der Waals surface area contributed by atoms with Gasteiger partial charge in [0.2, 0.25) is 0 Å². The van der Waals surface area contributed by atoms with Crippen molar-refractivity contribution < 1.29 is 9.90 Å². The lowest BCUT2D eigenvalue weighted by Crippen LogP contribution is -2.26. The number of aromatic nitrogens is 2. The van der Waals surface area contributed by atoms with Gasteiger partial charge in [0.15, 0.2) is 0 Å². The molecular formula is C17H17N3O2. The molecule has 0 atom stereocenters. The van der Waals surface area contributed by atoms with E-state index in [1.54, 1.807) is 10.6 Å². The van der Waals surface area contributed by atoms with Crippen molar-refractivity contribution in [1.29, 1.82) is 0 Å². The fourth-order valence-corrected chi connectivity index (χ4v) is 2.32. The zero-order valence-corrected chi connectivity index (χ0v) is 12.1. The van der Waals surface area contributed by atoms with Crippen molar-refractivity contribution in [3.8, 4) is 0 Å². The summed E-state index contributed by atoms with van der Waals surface area (Å²) in [5.41, 5.74) is 3.30. The van der Waals surface area contributed by atoms with E-state index in [-0.39, 0.29) is 12.5 Å². The van der Waals surface area contributed by atoms with Crippen LogP contribution in [0.4, 0.5) is 0 Å². The predicted octanol–water partition coefficient (Wildman–Crippen LogP) is 1.80. The number of rotatable bonds is 5. The summed E-state index contributed by atoms with van der Waals surface area (Å²) >= 11 is 0. The standard InChI is InChI=1S/C17H17N3O2/c21-12-14-6-4-13(5-7-14)8-9-18-17(22)15-11-19-16-3-1-2-10-20(15)16/h1-7,10-11,21H,8-9,12H2,(H,18,22). The maximum Gasteiger partial charge on any atom is 0.269 e. The number of carbonyl (C=O) groups excluding carboxylic acids is 1. The van der Waals surface area contributed by atoms with Crippen LogP contribution in [0.2, 0.25) is 0 Å². The first kappa shape index (κ1) is 14.3. The molecule has 1 amide bonds. The number of hydrogen-bond donors (Lipinski definition) is 2. The Morgan fingerprint density at radius 3 is 2.68 bits per heavy atom. The molecule has 0 aliphatic heterocycles. The van der Waals surface area contributed by atoms with Crippen LogP contribution in [0.15, 0.2) is 54.9 Å². The van der Waals surface area contributed by atoms with Crippen LogP contribution >= 0.6 is 0 Å². The molecule has 3 aromatic rings. The SMILES string of the molecule is O=C(NCCc1ccc(CO)cc1)c1cnc2ccccn12. The number of benzene rings is 1. The maximum atomic E-state index is 12.2. The van der Waals surface area contributed by atoms with E-state index >= 15 is 0 Å². The van der Waals surface area contributed by atoms with Crippen molar-refractivity contribution in [3.05, 3.63) is 71.7 Å². The Morgan fingerprint density at radius 1 is 1.14 bits per heavy atom. The van der Waals surface area contributed by atoms with E-state index < -0.39 is 0 Å². The highest BCUT2D eigenvalue weighted by molar-refractivity contribution is 5.93. The molecule has 22 heavy (non-hydrogen) atoms. The van der Waals surface area contributed by atoms with Crippen LogP contribution in [0.3, 0.4) is 0 Å². The highest BCUT2D eigenvalue weighted by Crippen LogP contribution is 2.07. The molecule has 0 saturated carbocycles. The molecule has 0 saturated heterocycles. The molecule has 0 bridgehead atoms. The Morgan fingerprint density at radius 2 is 1.91 bits per heavy atom. The average molecular weight is 295 g/mol. The van der Waals surface area contributed by atoms with Crippen molar-refractivity contribution in [2.45, 2.75) is 13.0 Å². The summed E-state index contributed by atoms with van der Waals surface area (Å²) in [6.45, 7) is 0.600. The van der Waals surface area contributed by atoms with E-state index in [4.69, 9.17) is 5.11 Å². The fourth-order valence-electron chi connectivity index (χ4n) is 2.32. The smallest absolute Gasteiger partial charge is 0.269 e. The molecule has 0 spiro atoms. The molecule has 5 nitrogen and oxygen atoms in total. The summed E-state index contributed by atoms with van der Waals surface area (Å²) in [5.74, 6) is -0.134. The number of nitrogens with zero attached hydrogens (tertiary/aromatic N) is 2. The Kier molecular flexibility index (Phi) is 4.16. The number of imidazole rings is 1. The molecule has 0 aliphatic rings. The molecule has 2 aromatic heterocycles. The third-order valence-electron chi connectivity index (χ3n) is 3.55. The van der Waals surface area contributed by atoms with E-state index in [2.05, 4.69) is 10.3 Å². The number of carbonyl (C=O) groups is 1. The Bertz CT molecular complexity index is 778. The zero-order valence-electron chi connectivity index (χ0n) is 12.1. The van der Waals surface area contributed by atoms with E-state index in [1.807, 2.05) is 48.7 Å². The van der Waals surface area contributed by atoms with Gasteiger partial charge in [-0.25, -0.2) is 4.98 Å². The van der Waals surface area contributed by atoms with Gasteiger partial charge < -0.3 is 10.4 Å². The summed E-state index contributed by atoms with van der Waals surface area (Å²) in [4.78, 5) is 16.4. The second kappa shape index (κ2) is 6.41. The number of hydrogen-bond acceptors (Lipinski definition) is 3. The van der Waals surface area contributed by atoms with Gasteiger partial charge in [0.1, 0.15) is 11.3 Å². The van der Waals surface area contributed by atoms with Crippen LogP contribution in [0, 0.1) is 0 Å². The fraction of sp³-hybridized carbons (Fsp3) is 0.176. The van der Waals surface area contributed by atoms with Crippen LogP contribution in [-0.4, -0.2) is 26.9 Å². The van der Waals surface area contributed by atoms with E-state index in [9.17, 15) is 4.79 Å². The predicted molar refractivity (Wildman–Crippen MR) is 83.6 cm³/mol. The van der Waals surface area contributed by atoms with Gasteiger partial charge in [-0.3, -0.25) is 9.20 Å². The topological polar surface area (TPSA) is 66.6 Å². The summed E-state index contributed by atoms with van der Waals surface area (Å²) in [6, 6.07) is 13.3. The van der Waals surface area contributed by atoms with Crippen molar-refractivity contribution in [2.24, 2.45) is 0 Å². The third kappa shape index (κ3) is 2.99. The average Bonchev–Trinajstić information content (AvgIpc) is 2.99. The first-order valence-electron chi connectivity index (χ1n) is 7.17. The second-order valence-corrected chi connectivity index (χ2v) is 5.05. The van der Waals surface area contributed by atoms with Gasteiger partial charge in [-0.1, -0.05) is 30.3 Å². The Hall–Kier alpha value is -2.66. The number of fused-ring (bicyclic) bond motifs is 1. The van der Waals surface area contributed by atoms with E-state index in [0.29, 0.717) is 12.2 Å². The van der Waals surface area contributed by atoms with Gasteiger partial charge in [0.25, 0.3) is 5.91 Å². The van der Waals surface area contributed by atoms with Crippen molar-refractivity contribution in [3.63, 3.8) is 0 Å². The number of aliphatic hydroxyl groups is 1. The minimum absolute atomic E-state index is 0.0469. The number of nitrogens with one attached hydrogen (secondary N) is 1. The van der Waals surface area contributed by atoms with Crippen LogP contribution in [0.25, 0.3) is 5.65 Å². The van der Waals surface area contributed by atoms with Crippen molar-refractivity contribution >= 4 is 11.6 Å². The lowest BCUT2D eigenvalue weighted by Gasteiger charge is -2.06. The van der Waals surface area contributed by atoms with Gasteiger partial charge in [-0.05, 0) is 29.7 Å². The first-order valence-corrected chi connectivity index (χ1v) is 7.17. The summed E-state index contributed by atoms with van der Waals surface area (Å²) < 4.78 is 1.77. The third-order valence-corrected chi connectivity index (χ3v) is 3.55. The minimum Gasteiger partial charge on any atom is -0.392 e. The molecule has 2 heterocycles. The molecule has 0 radical (unpaired) electrons. The largest absolute Gasteiger partial charge is 0.392 e. The van der Waals surface area contributed by atoms with Crippen LogP contribution in [-0.2, 0) is 13.0 Å². The van der Waals surface area contributed by atoms with Gasteiger partial charge in [0, 0.05) is 12.7 Å². The molecule has 2 N–H and O–H groups in total. The second-order valence-electron chi connectivity index (χ2n) is 5.05. The first-order chi connectivity index (χ1) is 10.8. The zero-order chi connectivity index (χ0) is 15.4. The van der Waals surface area contributed by atoms with E-state index in [0.717, 1.165) is 23.2 Å². The summed E-state index contributed by atoms with van der Waals surface area (Å²) in [7, 11) is 0. The number of aliphatic hydroxyl groups excluding tert-OH is 1. The van der Waals surface area contributed by atoms with Crippen LogP contribution < -0.4 is 5.32 Å². The molecule has 0 unspecified atom stereocenters. The summed E-state index contributed by atoms with van der Waals surface area (Å²) in [5, 5.41) is 11.9. The van der Waals surface area contributed by atoms with Crippen molar-refractivity contribution in [2.75, 3.05) is 6.54 Å². The molecule has 112 valence electrons. The molecular weight excluding hydrogens is 278 g/mol. The monoisotopic (exact) mass is 295 g/mol. The van der Waals surface area contributed by atoms with Crippen LogP contribution in [0.1, 0.15) is 21.6 Å². The van der Waals surface area contributed by atoms with Crippen LogP contribution in [0.5, 0.6) is 0 Å². The molecule has 1 aromatic carbocycles. The maximum absolute atomic E-state index is 12.2. The number of pyridine rings is 1. The minimum atomic E-state index is -0.134. The quantitative estimate of drug-likeness (QED) is 0.754. The molecule has 0 aliphatic carbocycles. The lowest BCUT2D eigenvalue weighted by atomic mass is 10.1. The summed E-state index contributed by atoms with van der Waals surface area (Å²) in [6.07, 6.45) is 4.15. The normalized spacial score (nSPS) is 10.8. The van der Waals surface area contributed by atoms with Gasteiger partial charge in [-0.15, -0.1) is 0 Å². The molecule has 5 heteroatoms. The Balaban J connectivity index is 1.60. The Labute approximate surface area is 128 Å². The van der Waals surface area contributed by atoms with Crippen molar-refractivity contribution in [1.82, 2.24) is 14.7 Å². The molecule has 3 rings (SSSR count). The van der Waals surface area contributed by atoms with E-state index in [1.165, 1.54) is 0 Å². The van der Waals surface area contributed by atoms with Gasteiger partial charge >= 0.3 is 0 Å². The number of amides is 1.